The third-order valence-corrected chi connectivity index (χ3v) is 4.31. The van der Waals surface area contributed by atoms with Crippen molar-refractivity contribution in [3.63, 3.8) is 0 Å². The van der Waals surface area contributed by atoms with E-state index in [9.17, 15) is 4.79 Å². The maximum atomic E-state index is 12.4. The minimum Gasteiger partial charge on any atom is -0.343 e. The van der Waals surface area contributed by atoms with Crippen LogP contribution in [0.2, 0.25) is 0 Å². The second-order valence-electron chi connectivity index (χ2n) is 5.71. The van der Waals surface area contributed by atoms with Crippen molar-refractivity contribution in [3.05, 3.63) is 47.0 Å². The summed E-state index contributed by atoms with van der Waals surface area (Å²) >= 11 is 0. The fourth-order valence-corrected chi connectivity index (χ4v) is 3.01. The van der Waals surface area contributed by atoms with E-state index in [0.29, 0.717) is 18.8 Å². The largest absolute Gasteiger partial charge is 0.343 e. The van der Waals surface area contributed by atoms with Crippen molar-refractivity contribution in [2.75, 3.05) is 6.54 Å². The number of aromatic nitrogens is 4. The predicted octanol–water partition coefficient (Wildman–Crippen LogP) is 0.872. The van der Waals surface area contributed by atoms with Crippen molar-refractivity contribution >= 4 is 16.9 Å². The average Bonchev–Trinajstić information content (AvgIpc) is 3.15. The number of amides is 1. The number of hydrogen-bond donors (Lipinski definition) is 3. The molecule has 0 radical (unpaired) electrons. The SMILES string of the molecule is Cn1c(CNC(=O)c2n[nH]c3c2CNCC3)nc2ccccc21. The number of fused-ring (bicyclic) bond motifs is 2. The van der Waals surface area contributed by atoms with Gasteiger partial charge in [-0.15, -0.1) is 0 Å². The molecule has 7 nitrogen and oxygen atoms in total. The maximum Gasteiger partial charge on any atom is 0.272 e. The van der Waals surface area contributed by atoms with Crippen LogP contribution in [-0.4, -0.2) is 32.2 Å². The number of aromatic amines is 1. The zero-order valence-electron chi connectivity index (χ0n) is 12.9. The molecule has 23 heavy (non-hydrogen) atoms. The Kier molecular flexibility index (Phi) is 3.34. The van der Waals surface area contributed by atoms with E-state index in [1.165, 1.54) is 0 Å². The Balaban J connectivity index is 1.53. The van der Waals surface area contributed by atoms with Crippen molar-refractivity contribution in [3.8, 4) is 0 Å². The fraction of sp³-hybridized carbons (Fsp3) is 0.312. The van der Waals surface area contributed by atoms with Gasteiger partial charge in [-0.1, -0.05) is 12.1 Å². The van der Waals surface area contributed by atoms with Gasteiger partial charge in [0.2, 0.25) is 0 Å². The summed E-state index contributed by atoms with van der Waals surface area (Å²) in [4.78, 5) is 17.0. The van der Waals surface area contributed by atoms with Crippen molar-refractivity contribution in [2.45, 2.75) is 19.5 Å². The normalized spacial score (nSPS) is 14.0. The van der Waals surface area contributed by atoms with Gasteiger partial charge in [-0.05, 0) is 12.1 Å². The van der Waals surface area contributed by atoms with Crippen molar-refractivity contribution in [1.82, 2.24) is 30.4 Å². The Hall–Kier alpha value is -2.67. The molecule has 0 saturated carbocycles. The van der Waals surface area contributed by atoms with E-state index >= 15 is 0 Å². The minimum absolute atomic E-state index is 0.168. The molecule has 0 atom stereocenters. The van der Waals surface area contributed by atoms with E-state index in [4.69, 9.17) is 0 Å². The summed E-state index contributed by atoms with van der Waals surface area (Å²) in [6.07, 6.45) is 0.875. The van der Waals surface area contributed by atoms with E-state index in [1.54, 1.807) is 0 Å². The summed E-state index contributed by atoms with van der Waals surface area (Å²) < 4.78 is 2.00. The summed E-state index contributed by atoms with van der Waals surface area (Å²) in [5, 5.41) is 13.3. The first-order valence-corrected chi connectivity index (χ1v) is 7.69. The van der Waals surface area contributed by atoms with Crippen LogP contribution >= 0.6 is 0 Å². The van der Waals surface area contributed by atoms with Crippen LogP contribution in [0.1, 0.15) is 27.6 Å². The highest BCUT2D eigenvalue weighted by Gasteiger charge is 2.21. The quantitative estimate of drug-likeness (QED) is 0.670. The maximum absolute atomic E-state index is 12.4. The molecule has 2 aromatic heterocycles. The molecule has 1 aliphatic heterocycles. The Bertz CT molecular complexity index is 878. The Morgan fingerprint density at radius 2 is 2.26 bits per heavy atom. The van der Waals surface area contributed by atoms with Crippen molar-refractivity contribution in [1.29, 1.82) is 0 Å². The molecule has 0 unspecified atom stereocenters. The number of benzene rings is 1. The number of carbonyl (C=O) groups excluding carboxylic acids is 1. The van der Waals surface area contributed by atoms with Gasteiger partial charge in [0.05, 0.1) is 17.6 Å². The van der Waals surface area contributed by atoms with Crippen LogP contribution in [0.3, 0.4) is 0 Å². The summed E-state index contributed by atoms with van der Waals surface area (Å²) in [6, 6.07) is 7.93. The van der Waals surface area contributed by atoms with Crippen LogP contribution in [0.15, 0.2) is 24.3 Å². The molecule has 4 rings (SSSR count). The first-order chi connectivity index (χ1) is 11.2. The van der Waals surface area contributed by atoms with Crippen molar-refractivity contribution < 1.29 is 4.79 Å². The number of para-hydroxylation sites is 2. The molecular formula is C16H18N6O. The highest BCUT2D eigenvalue weighted by Crippen LogP contribution is 2.16. The molecule has 1 aromatic carbocycles. The molecular weight excluding hydrogens is 292 g/mol. The number of hydrogen-bond acceptors (Lipinski definition) is 4. The van der Waals surface area contributed by atoms with Crippen LogP contribution in [0, 0.1) is 0 Å². The number of imidazole rings is 1. The molecule has 3 heterocycles. The lowest BCUT2D eigenvalue weighted by Gasteiger charge is -2.12. The van der Waals surface area contributed by atoms with E-state index in [1.807, 2.05) is 35.9 Å². The van der Waals surface area contributed by atoms with Gasteiger partial charge in [-0.25, -0.2) is 4.98 Å². The smallest absolute Gasteiger partial charge is 0.272 e. The average molecular weight is 310 g/mol. The lowest BCUT2D eigenvalue weighted by atomic mass is 10.1. The molecule has 0 fully saturated rings. The molecule has 0 spiro atoms. The summed E-state index contributed by atoms with van der Waals surface area (Å²) in [5.74, 6) is 0.653. The number of carbonyl (C=O) groups is 1. The molecule has 3 aromatic rings. The second kappa shape index (κ2) is 5.51. The second-order valence-corrected chi connectivity index (χ2v) is 5.71. The van der Waals surface area contributed by atoms with Crippen LogP contribution < -0.4 is 10.6 Å². The summed E-state index contributed by atoms with van der Waals surface area (Å²) in [6.45, 7) is 1.97. The van der Waals surface area contributed by atoms with Gasteiger partial charge in [0.1, 0.15) is 5.82 Å². The molecule has 0 aliphatic carbocycles. The van der Waals surface area contributed by atoms with Gasteiger partial charge in [-0.2, -0.15) is 5.10 Å². The Morgan fingerprint density at radius 3 is 3.13 bits per heavy atom. The van der Waals surface area contributed by atoms with E-state index in [0.717, 1.165) is 41.1 Å². The summed E-state index contributed by atoms with van der Waals surface area (Å²) in [7, 11) is 1.96. The van der Waals surface area contributed by atoms with E-state index in [2.05, 4.69) is 25.8 Å². The van der Waals surface area contributed by atoms with Gasteiger partial charge in [0, 0.05) is 37.8 Å². The Labute approximate surface area is 133 Å². The van der Waals surface area contributed by atoms with E-state index < -0.39 is 0 Å². The molecule has 1 amide bonds. The Morgan fingerprint density at radius 1 is 1.39 bits per heavy atom. The molecule has 0 saturated heterocycles. The molecule has 1 aliphatic rings. The first kappa shape index (κ1) is 14.0. The molecule has 0 bridgehead atoms. The highest BCUT2D eigenvalue weighted by atomic mass is 16.1. The number of H-pyrrole nitrogens is 1. The van der Waals surface area contributed by atoms with Gasteiger partial charge >= 0.3 is 0 Å². The highest BCUT2D eigenvalue weighted by molar-refractivity contribution is 5.94. The number of nitrogens with one attached hydrogen (secondary N) is 3. The van der Waals surface area contributed by atoms with Gasteiger partial charge in [0.25, 0.3) is 5.91 Å². The van der Waals surface area contributed by atoms with Crippen LogP contribution in [0.4, 0.5) is 0 Å². The predicted molar refractivity (Wildman–Crippen MR) is 85.9 cm³/mol. The lowest BCUT2D eigenvalue weighted by molar-refractivity contribution is 0.0943. The number of aryl methyl sites for hydroxylation is 1. The lowest BCUT2D eigenvalue weighted by Crippen LogP contribution is -2.28. The molecule has 3 N–H and O–H groups in total. The van der Waals surface area contributed by atoms with Gasteiger partial charge in [-0.3, -0.25) is 9.89 Å². The van der Waals surface area contributed by atoms with E-state index in [-0.39, 0.29) is 5.91 Å². The minimum atomic E-state index is -0.168. The van der Waals surface area contributed by atoms with Gasteiger partial charge in [0.15, 0.2) is 5.69 Å². The topological polar surface area (TPSA) is 87.6 Å². The molecule has 7 heteroatoms. The zero-order valence-corrected chi connectivity index (χ0v) is 12.9. The summed E-state index contributed by atoms with van der Waals surface area (Å²) in [5.41, 5.74) is 4.49. The van der Waals surface area contributed by atoms with Gasteiger partial charge < -0.3 is 15.2 Å². The first-order valence-electron chi connectivity index (χ1n) is 7.69. The van der Waals surface area contributed by atoms with Crippen molar-refractivity contribution in [2.24, 2.45) is 7.05 Å². The van der Waals surface area contributed by atoms with Crippen LogP contribution in [0.5, 0.6) is 0 Å². The van der Waals surface area contributed by atoms with Crippen LogP contribution in [0.25, 0.3) is 11.0 Å². The third-order valence-electron chi connectivity index (χ3n) is 4.31. The monoisotopic (exact) mass is 310 g/mol. The molecule has 118 valence electrons. The zero-order chi connectivity index (χ0) is 15.8. The number of rotatable bonds is 3. The van der Waals surface area contributed by atoms with Crippen LogP contribution in [-0.2, 0) is 26.6 Å². The standard InChI is InChI=1S/C16H18N6O/c1-22-13-5-3-2-4-12(13)19-14(22)9-18-16(23)15-10-8-17-7-6-11(10)20-21-15/h2-5,17H,6-9H2,1H3,(H,18,23)(H,20,21). The fourth-order valence-electron chi connectivity index (χ4n) is 3.01. The number of nitrogens with zero attached hydrogens (tertiary/aromatic N) is 3. The third kappa shape index (κ3) is 2.39.